The van der Waals surface area contributed by atoms with Gasteiger partial charge in [0, 0.05) is 23.5 Å². The van der Waals surface area contributed by atoms with Gasteiger partial charge in [-0.3, -0.25) is 0 Å². The van der Waals surface area contributed by atoms with Gasteiger partial charge in [0.15, 0.2) is 0 Å². The summed E-state index contributed by atoms with van der Waals surface area (Å²) < 4.78 is 13.4. The van der Waals surface area contributed by atoms with Crippen molar-refractivity contribution < 1.29 is 9.67 Å². The number of nitrogens with one attached hydrogen (secondary N) is 1. The van der Waals surface area contributed by atoms with Crippen LogP contribution < -0.4 is 0 Å². The van der Waals surface area contributed by atoms with Crippen molar-refractivity contribution in [3.63, 3.8) is 0 Å². The SMILES string of the molecule is C/C=C\C=C/CP(=O)(/C=C(O)/C=C\C=N)C(/C=C\C)=C/C=C\C. The monoisotopic (exact) mass is 331 g/mol. The van der Waals surface area contributed by atoms with Crippen molar-refractivity contribution in [3.05, 3.63) is 83.7 Å². The smallest absolute Gasteiger partial charge is 0.143 e. The van der Waals surface area contributed by atoms with Crippen molar-refractivity contribution in [1.29, 1.82) is 5.41 Å². The van der Waals surface area contributed by atoms with Gasteiger partial charge >= 0.3 is 0 Å². The van der Waals surface area contributed by atoms with Crippen LogP contribution in [0.25, 0.3) is 0 Å². The van der Waals surface area contributed by atoms with Crippen molar-refractivity contribution in [2.45, 2.75) is 20.8 Å². The lowest BCUT2D eigenvalue weighted by molar-refractivity contribution is 0.433. The summed E-state index contributed by atoms with van der Waals surface area (Å²) in [6, 6.07) is 0. The van der Waals surface area contributed by atoms with Gasteiger partial charge in [-0.25, -0.2) is 0 Å². The summed E-state index contributed by atoms with van der Waals surface area (Å²) in [7, 11) is -2.95. The number of allylic oxidation sites excluding steroid dienone is 12. The minimum Gasteiger partial charge on any atom is -0.508 e. The van der Waals surface area contributed by atoms with E-state index in [1.165, 1.54) is 18.0 Å². The first-order valence-corrected chi connectivity index (χ1v) is 9.42. The molecule has 3 nitrogen and oxygen atoms in total. The molecule has 2 N–H and O–H groups in total. The molecule has 1 atom stereocenters. The third-order valence-corrected chi connectivity index (χ3v) is 5.36. The Hall–Kier alpha value is -2.12. The molecule has 0 heterocycles. The zero-order chi connectivity index (χ0) is 17.6. The lowest BCUT2D eigenvalue weighted by Crippen LogP contribution is -1.89. The van der Waals surface area contributed by atoms with E-state index in [-0.39, 0.29) is 5.76 Å². The normalized spacial score (nSPS) is 17.2. The molecule has 0 aliphatic carbocycles. The number of hydrogen-bond acceptors (Lipinski definition) is 3. The predicted octanol–water partition coefficient (Wildman–Crippen LogP) is 6.12. The molecular formula is C19H26NO2P. The lowest BCUT2D eigenvalue weighted by atomic mass is 10.4. The second-order valence-electron chi connectivity index (χ2n) is 4.63. The molecule has 0 bridgehead atoms. The first-order chi connectivity index (χ1) is 11.0. The Kier molecular flexibility index (Phi) is 11.3. The molecule has 124 valence electrons. The minimum atomic E-state index is -2.95. The zero-order valence-electron chi connectivity index (χ0n) is 14.0. The molecule has 0 aliphatic heterocycles. The van der Waals surface area contributed by atoms with Gasteiger partial charge in [0.1, 0.15) is 12.9 Å². The molecule has 0 radical (unpaired) electrons. The first-order valence-electron chi connectivity index (χ1n) is 7.45. The van der Waals surface area contributed by atoms with E-state index in [1.54, 1.807) is 12.2 Å². The Balaban J connectivity index is 5.89. The molecule has 0 aromatic carbocycles. The number of aliphatic hydroxyl groups is 1. The summed E-state index contributed by atoms with van der Waals surface area (Å²) in [5.41, 5.74) is 0. The van der Waals surface area contributed by atoms with Crippen LogP contribution in [-0.4, -0.2) is 17.5 Å². The fourth-order valence-electron chi connectivity index (χ4n) is 1.72. The van der Waals surface area contributed by atoms with Crippen molar-refractivity contribution in [3.8, 4) is 0 Å². The zero-order valence-corrected chi connectivity index (χ0v) is 14.9. The molecule has 0 aromatic rings. The highest BCUT2D eigenvalue weighted by atomic mass is 31.2. The standard InChI is InChI=1S/C19H26NO2P/c1-4-7-9-10-16-23(22,17-18(21)13-11-15-20)19(12-6-3)14-8-5-2/h4-15,17,20-21H,16H2,1-3H3/b7-4-,8-5-,10-9-,12-6-,13-11-,18-17-,19-14+,20-15?. The average Bonchev–Trinajstić information content (AvgIpc) is 2.53. The molecule has 0 saturated carbocycles. The van der Waals surface area contributed by atoms with E-state index in [1.807, 2.05) is 63.3 Å². The molecule has 23 heavy (non-hydrogen) atoms. The van der Waals surface area contributed by atoms with Crippen LogP contribution >= 0.6 is 7.14 Å². The van der Waals surface area contributed by atoms with E-state index in [4.69, 9.17) is 5.41 Å². The van der Waals surface area contributed by atoms with Gasteiger partial charge in [-0.1, -0.05) is 54.7 Å². The van der Waals surface area contributed by atoms with Gasteiger partial charge in [-0.2, -0.15) is 0 Å². The maximum atomic E-state index is 13.4. The Morgan fingerprint density at radius 1 is 1.00 bits per heavy atom. The average molecular weight is 331 g/mol. The third kappa shape index (κ3) is 8.80. The van der Waals surface area contributed by atoms with E-state index in [0.717, 1.165) is 6.21 Å². The van der Waals surface area contributed by atoms with Crippen LogP contribution in [0.15, 0.2) is 83.7 Å². The fourth-order valence-corrected chi connectivity index (χ4v) is 3.87. The number of hydrogen-bond donors (Lipinski definition) is 2. The Morgan fingerprint density at radius 2 is 1.70 bits per heavy atom. The van der Waals surface area contributed by atoms with E-state index in [0.29, 0.717) is 11.5 Å². The molecule has 0 rings (SSSR count). The summed E-state index contributed by atoms with van der Waals surface area (Å²) in [5.74, 6) is 1.29. The second-order valence-corrected chi connectivity index (χ2v) is 7.36. The topological polar surface area (TPSA) is 61.1 Å². The summed E-state index contributed by atoms with van der Waals surface area (Å²) in [5, 5.41) is 17.6. The summed E-state index contributed by atoms with van der Waals surface area (Å²) in [4.78, 5) is 0. The molecule has 0 saturated heterocycles. The largest absolute Gasteiger partial charge is 0.508 e. The van der Waals surface area contributed by atoms with Crippen LogP contribution in [0.5, 0.6) is 0 Å². The van der Waals surface area contributed by atoms with Gasteiger partial charge in [0.2, 0.25) is 0 Å². The highest BCUT2D eigenvalue weighted by molar-refractivity contribution is 7.71. The van der Waals surface area contributed by atoms with Crippen LogP contribution in [0.4, 0.5) is 0 Å². The second kappa shape index (κ2) is 12.4. The van der Waals surface area contributed by atoms with Crippen LogP contribution in [0.2, 0.25) is 0 Å². The summed E-state index contributed by atoms with van der Waals surface area (Å²) in [6.45, 7) is 5.66. The van der Waals surface area contributed by atoms with E-state index in [2.05, 4.69) is 0 Å². The van der Waals surface area contributed by atoms with Crippen LogP contribution in [0.1, 0.15) is 20.8 Å². The van der Waals surface area contributed by atoms with E-state index < -0.39 is 7.14 Å². The van der Waals surface area contributed by atoms with Gasteiger partial charge < -0.3 is 15.1 Å². The van der Waals surface area contributed by atoms with Gasteiger partial charge in [-0.15, -0.1) is 0 Å². The van der Waals surface area contributed by atoms with Crippen molar-refractivity contribution >= 4 is 13.4 Å². The molecule has 0 amide bonds. The third-order valence-electron chi connectivity index (χ3n) is 2.75. The molecule has 0 fully saturated rings. The maximum Gasteiger partial charge on any atom is 0.143 e. The number of aliphatic hydroxyl groups excluding tert-OH is 1. The lowest BCUT2D eigenvalue weighted by Gasteiger charge is -2.14. The van der Waals surface area contributed by atoms with E-state index in [9.17, 15) is 9.67 Å². The van der Waals surface area contributed by atoms with Crippen LogP contribution in [0.3, 0.4) is 0 Å². The molecule has 0 spiro atoms. The highest BCUT2D eigenvalue weighted by Crippen LogP contribution is 2.56. The minimum absolute atomic E-state index is 0.104. The fraction of sp³-hybridized carbons (Fsp3) is 0.211. The Bertz CT molecular complexity index is 617. The van der Waals surface area contributed by atoms with E-state index >= 15 is 0 Å². The highest BCUT2D eigenvalue weighted by Gasteiger charge is 2.22. The van der Waals surface area contributed by atoms with Gasteiger partial charge in [0.05, 0.1) is 0 Å². The predicted molar refractivity (Wildman–Crippen MR) is 103 cm³/mol. The molecule has 0 aromatic heterocycles. The Morgan fingerprint density at radius 3 is 2.26 bits per heavy atom. The van der Waals surface area contributed by atoms with Crippen LogP contribution in [-0.2, 0) is 4.57 Å². The van der Waals surface area contributed by atoms with Crippen molar-refractivity contribution in [2.24, 2.45) is 0 Å². The summed E-state index contributed by atoms with van der Waals surface area (Å²) >= 11 is 0. The Labute approximate surface area is 139 Å². The van der Waals surface area contributed by atoms with Crippen LogP contribution in [0, 0.1) is 5.41 Å². The first kappa shape index (κ1) is 20.9. The van der Waals surface area contributed by atoms with Crippen molar-refractivity contribution in [1.82, 2.24) is 0 Å². The van der Waals surface area contributed by atoms with Gasteiger partial charge in [0.25, 0.3) is 0 Å². The van der Waals surface area contributed by atoms with Crippen molar-refractivity contribution in [2.75, 3.05) is 6.16 Å². The summed E-state index contributed by atoms with van der Waals surface area (Å²) in [6.07, 6.45) is 20.7. The molecule has 0 aliphatic rings. The molecular weight excluding hydrogens is 305 g/mol. The molecule has 1 unspecified atom stereocenters. The quantitative estimate of drug-likeness (QED) is 0.231. The van der Waals surface area contributed by atoms with Gasteiger partial charge in [-0.05, 0) is 32.9 Å². The molecule has 4 heteroatoms. The maximum absolute atomic E-state index is 13.4. The number of rotatable bonds is 9.